The predicted octanol–water partition coefficient (Wildman–Crippen LogP) is 3.71. The maximum Gasteiger partial charge on any atom is 0.161 e. The minimum Gasteiger partial charge on any atom is -0.393 e. The maximum absolute atomic E-state index is 12.2. The Labute approximate surface area is 146 Å². The number of fused-ring (bicyclic) bond motifs is 5. The van der Waals surface area contributed by atoms with Gasteiger partial charge in [0.1, 0.15) is 5.60 Å². The summed E-state index contributed by atoms with van der Waals surface area (Å²) < 4.78 is 0. The molecule has 0 heterocycles. The Balaban J connectivity index is 1.65. The van der Waals surface area contributed by atoms with Gasteiger partial charge in [0.15, 0.2) is 5.78 Å². The Morgan fingerprint density at radius 1 is 0.958 bits per heavy atom. The zero-order valence-electron chi connectivity index (χ0n) is 15.6. The van der Waals surface area contributed by atoms with Crippen LogP contribution in [0.5, 0.6) is 0 Å². The topological polar surface area (TPSA) is 57.5 Å². The van der Waals surface area contributed by atoms with Crippen LogP contribution in [-0.4, -0.2) is 27.7 Å². The first-order valence-corrected chi connectivity index (χ1v) is 10.1. The van der Waals surface area contributed by atoms with Crippen molar-refractivity contribution in [1.29, 1.82) is 0 Å². The first kappa shape index (κ1) is 17.0. The molecule has 0 aromatic heterocycles. The van der Waals surface area contributed by atoms with Gasteiger partial charge in [-0.25, -0.2) is 0 Å². The second-order valence-electron chi connectivity index (χ2n) is 10.00. The minimum absolute atomic E-state index is 0.0216. The fraction of sp³-hybridized carbons (Fsp3) is 0.952. The second kappa shape index (κ2) is 5.30. The number of carbonyl (C=O) groups excluding carboxylic acids is 1. The SMILES string of the molecule is CC(=O)[C@]1(O)CC[C@@H]2[C@H]3CC[C@H]4C[C@H](O)CC[C@]4(C)[C@@H]3CC[C@]21C. The van der Waals surface area contributed by atoms with Gasteiger partial charge in [-0.05, 0) is 93.8 Å². The molecule has 0 saturated heterocycles. The van der Waals surface area contributed by atoms with Crippen molar-refractivity contribution in [2.75, 3.05) is 0 Å². The Morgan fingerprint density at radius 3 is 2.38 bits per heavy atom. The van der Waals surface area contributed by atoms with Crippen LogP contribution >= 0.6 is 0 Å². The van der Waals surface area contributed by atoms with Crippen LogP contribution in [0.25, 0.3) is 0 Å². The van der Waals surface area contributed by atoms with Crippen molar-refractivity contribution in [2.45, 2.75) is 90.3 Å². The summed E-state index contributed by atoms with van der Waals surface area (Å²) in [4.78, 5) is 12.2. The zero-order chi connectivity index (χ0) is 17.3. The summed E-state index contributed by atoms with van der Waals surface area (Å²) in [6.45, 7) is 6.26. The van der Waals surface area contributed by atoms with Crippen molar-refractivity contribution >= 4 is 5.78 Å². The van der Waals surface area contributed by atoms with E-state index in [1.54, 1.807) is 6.92 Å². The molecule has 0 amide bonds. The Bertz CT molecular complexity index is 545. The molecule has 0 radical (unpaired) electrons. The van der Waals surface area contributed by atoms with Gasteiger partial charge < -0.3 is 10.2 Å². The van der Waals surface area contributed by atoms with Crippen LogP contribution in [0.4, 0.5) is 0 Å². The molecule has 0 bridgehead atoms. The lowest BCUT2D eigenvalue weighted by Crippen LogP contribution is -2.58. The molecule has 136 valence electrons. The van der Waals surface area contributed by atoms with Gasteiger partial charge in [0.2, 0.25) is 0 Å². The van der Waals surface area contributed by atoms with Crippen LogP contribution in [0.15, 0.2) is 0 Å². The molecule has 0 aliphatic heterocycles. The van der Waals surface area contributed by atoms with E-state index in [0.29, 0.717) is 29.6 Å². The van der Waals surface area contributed by atoms with Gasteiger partial charge >= 0.3 is 0 Å². The van der Waals surface area contributed by atoms with Crippen LogP contribution in [0.3, 0.4) is 0 Å². The largest absolute Gasteiger partial charge is 0.393 e. The van der Waals surface area contributed by atoms with E-state index in [-0.39, 0.29) is 17.3 Å². The predicted molar refractivity (Wildman–Crippen MR) is 93.4 cm³/mol. The van der Waals surface area contributed by atoms with Crippen LogP contribution in [0.1, 0.15) is 78.6 Å². The molecule has 3 nitrogen and oxygen atoms in total. The van der Waals surface area contributed by atoms with Crippen molar-refractivity contribution < 1.29 is 15.0 Å². The normalized spacial score (nSPS) is 57.0. The third-order valence-electron chi connectivity index (χ3n) is 9.37. The fourth-order valence-electron chi connectivity index (χ4n) is 7.83. The van der Waals surface area contributed by atoms with E-state index in [4.69, 9.17) is 0 Å². The van der Waals surface area contributed by atoms with E-state index in [9.17, 15) is 15.0 Å². The number of hydrogen-bond donors (Lipinski definition) is 2. The van der Waals surface area contributed by atoms with E-state index in [0.717, 1.165) is 44.4 Å². The third kappa shape index (κ3) is 2.00. The number of rotatable bonds is 1. The number of ketones is 1. The average Bonchev–Trinajstić information content (AvgIpc) is 2.81. The third-order valence-corrected chi connectivity index (χ3v) is 9.37. The summed E-state index contributed by atoms with van der Waals surface area (Å²) in [6.07, 6.45) is 9.25. The molecule has 2 N–H and O–H groups in total. The van der Waals surface area contributed by atoms with Gasteiger partial charge in [-0.1, -0.05) is 13.8 Å². The molecule has 8 atom stereocenters. The smallest absolute Gasteiger partial charge is 0.161 e. The van der Waals surface area contributed by atoms with Gasteiger partial charge in [-0.3, -0.25) is 4.79 Å². The Hall–Kier alpha value is -0.410. The van der Waals surface area contributed by atoms with Gasteiger partial charge in [-0.2, -0.15) is 0 Å². The highest BCUT2D eigenvalue weighted by molar-refractivity contribution is 5.86. The first-order chi connectivity index (χ1) is 11.2. The summed E-state index contributed by atoms with van der Waals surface area (Å²) in [5.74, 6) is 2.52. The van der Waals surface area contributed by atoms with Crippen molar-refractivity contribution in [3.8, 4) is 0 Å². The molecule has 0 aromatic carbocycles. The van der Waals surface area contributed by atoms with Gasteiger partial charge in [0.25, 0.3) is 0 Å². The van der Waals surface area contributed by atoms with Crippen LogP contribution in [0.2, 0.25) is 0 Å². The molecule has 4 aliphatic carbocycles. The molecular weight excluding hydrogens is 300 g/mol. The average molecular weight is 335 g/mol. The Kier molecular flexibility index (Phi) is 3.76. The van der Waals surface area contributed by atoms with Crippen molar-refractivity contribution in [3.63, 3.8) is 0 Å². The zero-order valence-corrected chi connectivity index (χ0v) is 15.6. The molecule has 4 fully saturated rings. The highest BCUT2D eigenvalue weighted by Crippen LogP contribution is 2.68. The van der Waals surface area contributed by atoms with Crippen LogP contribution < -0.4 is 0 Å². The molecule has 3 heteroatoms. The van der Waals surface area contributed by atoms with Crippen molar-refractivity contribution in [3.05, 3.63) is 0 Å². The number of aliphatic hydroxyl groups is 2. The first-order valence-electron chi connectivity index (χ1n) is 10.1. The standard InChI is InChI=1S/C21H34O3/c1-13(22)21(24)11-8-18-16-5-4-14-12-15(23)6-9-19(14,2)17(16)7-10-20(18,21)3/h14-18,23-24H,4-12H2,1-3H3/t14-,15+,16-,17+,18+,19-,20+,21+/m0/s1. The van der Waals surface area contributed by atoms with Gasteiger partial charge in [0.05, 0.1) is 6.10 Å². The molecule has 24 heavy (non-hydrogen) atoms. The summed E-state index contributed by atoms with van der Waals surface area (Å²) >= 11 is 0. The summed E-state index contributed by atoms with van der Waals surface area (Å²) in [7, 11) is 0. The number of aliphatic hydroxyl groups excluding tert-OH is 1. The summed E-state index contributed by atoms with van der Waals surface area (Å²) in [6, 6.07) is 0. The van der Waals surface area contributed by atoms with Crippen LogP contribution in [-0.2, 0) is 4.79 Å². The van der Waals surface area contributed by atoms with E-state index >= 15 is 0 Å². The fourth-order valence-corrected chi connectivity index (χ4v) is 7.83. The lowest BCUT2D eigenvalue weighted by Gasteiger charge is -2.61. The number of Topliss-reactive ketones (excluding diaryl/α,β-unsaturated/α-hetero) is 1. The monoisotopic (exact) mass is 334 g/mol. The maximum atomic E-state index is 12.2. The van der Waals surface area contributed by atoms with E-state index in [1.807, 2.05) is 0 Å². The minimum atomic E-state index is -1.09. The van der Waals surface area contributed by atoms with Crippen LogP contribution in [0, 0.1) is 34.5 Å². The number of hydrogen-bond acceptors (Lipinski definition) is 3. The molecule has 0 spiro atoms. The number of carbonyl (C=O) groups is 1. The molecule has 4 rings (SSSR count). The Morgan fingerprint density at radius 2 is 1.67 bits per heavy atom. The molecule has 0 unspecified atom stereocenters. The van der Waals surface area contributed by atoms with E-state index in [1.165, 1.54) is 12.8 Å². The molecular formula is C21H34O3. The molecule has 0 aromatic rings. The van der Waals surface area contributed by atoms with Gasteiger partial charge in [0, 0.05) is 5.41 Å². The lowest BCUT2D eigenvalue weighted by atomic mass is 9.44. The summed E-state index contributed by atoms with van der Waals surface area (Å²) in [5.41, 5.74) is -0.957. The summed E-state index contributed by atoms with van der Waals surface area (Å²) in [5, 5.41) is 21.3. The second-order valence-corrected chi connectivity index (χ2v) is 10.00. The quantitative estimate of drug-likeness (QED) is 0.768. The molecule has 4 aliphatic rings. The van der Waals surface area contributed by atoms with Crippen molar-refractivity contribution in [2.24, 2.45) is 34.5 Å². The highest BCUT2D eigenvalue weighted by Gasteiger charge is 2.65. The highest BCUT2D eigenvalue weighted by atomic mass is 16.3. The van der Waals surface area contributed by atoms with Crippen molar-refractivity contribution in [1.82, 2.24) is 0 Å². The van der Waals surface area contributed by atoms with E-state index in [2.05, 4.69) is 13.8 Å². The van der Waals surface area contributed by atoms with E-state index < -0.39 is 5.60 Å². The lowest BCUT2D eigenvalue weighted by molar-refractivity contribution is -0.170. The molecule has 4 saturated carbocycles. The van der Waals surface area contributed by atoms with Gasteiger partial charge in [-0.15, -0.1) is 0 Å².